The SMILES string of the molecule is CC(C)(C)c1cc([C@H](N2CCCCC2)P(=O)(c2ccccc2)c2ccccc2)cc(C(C)(C)C)c1O. The molecule has 0 unspecified atom stereocenters. The fourth-order valence-electron chi connectivity index (χ4n) is 5.49. The second-order valence-corrected chi connectivity index (χ2v) is 15.1. The largest absolute Gasteiger partial charge is 0.507 e. The lowest BCUT2D eigenvalue weighted by atomic mass is 9.78. The Labute approximate surface area is 217 Å². The molecule has 1 aliphatic rings. The minimum Gasteiger partial charge on any atom is -0.507 e. The van der Waals surface area contributed by atoms with Crippen LogP contribution in [0.3, 0.4) is 0 Å². The van der Waals surface area contributed by atoms with E-state index in [4.69, 9.17) is 0 Å². The van der Waals surface area contributed by atoms with Crippen molar-refractivity contribution < 1.29 is 9.67 Å². The third-order valence-corrected chi connectivity index (χ3v) is 10.9. The summed E-state index contributed by atoms with van der Waals surface area (Å²) in [6.07, 6.45) is 3.42. The Kier molecular flexibility index (Phi) is 7.56. The first-order chi connectivity index (χ1) is 16.9. The van der Waals surface area contributed by atoms with Crippen LogP contribution in [-0.4, -0.2) is 23.1 Å². The number of benzene rings is 3. The molecule has 0 bridgehead atoms. The second kappa shape index (κ2) is 10.2. The minimum absolute atomic E-state index is 0.254. The third-order valence-electron chi connectivity index (χ3n) is 7.41. The van der Waals surface area contributed by atoms with E-state index in [0.717, 1.165) is 53.2 Å². The van der Waals surface area contributed by atoms with Gasteiger partial charge in [0.15, 0.2) is 7.14 Å². The molecule has 192 valence electrons. The zero-order chi connectivity index (χ0) is 26.1. The molecule has 0 radical (unpaired) electrons. The van der Waals surface area contributed by atoms with Gasteiger partial charge in [-0.2, -0.15) is 0 Å². The van der Waals surface area contributed by atoms with E-state index in [-0.39, 0.29) is 16.6 Å². The van der Waals surface area contributed by atoms with Crippen LogP contribution < -0.4 is 10.6 Å². The fourth-order valence-corrected chi connectivity index (χ4v) is 8.85. The Morgan fingerprint density at radius 2 is 1.14 bits per heavy atom. The Bertz CT molecular complexity index is 1140. The van der Waals surface area contributed by atoms with E-state index in [1.807, 2.05) is 60.7 Å². The van der Waals surface area contributed by atoms with Gasteiger partial charge in [-0.1, -0.05) is 109 Å². The highest BCUT2D eigenvalue weighted by Crippen LogP contribution is 2.60. The van der Waals surface area contributed by atoms with Gasteiger partial charge in [0.1, 0.15) is 5.75 Å². The molecule has 3 aromatic rings. The zero-order valence-electron chi connectivity index (χ0n) is 22.8. The quantitative estimate of drug-likeness (QED) is 0.367. The number of hydrogen-bond acceptors (Lipinski definition) is 3. The Balaban J connectivity index is 2.07. The van der Waals surface area contributed by atoms with E-state index in [9.17, 15) is 5.11 Å². The topological polar surface area (TPSA) is 40.5 Å². The van der Waals surface area contributed by atoms with Crippen molar-refractivity contribution in [3.63, 3.8) is 0 Å². The minimum atomic E-state index is -3.14. The van der Waals surface area contributed by atoms with Crippen LogP contribution in [0.25, 0.3) is 0 Å². The molecule has 4 rings (SSSR count). The number of aromatic hydroxyl groups is 1. The van der Waals surface area contributed by atoms with Gasteiger partial charge in [-0.15, -0.1) is 0 Å². The highest BCUT2D eigenvalue weighted by Gasteiger charge is 2.43. The van der Waals surface area contributed by atoms with Crippen molar-refractivity contribution in [2.75, 3.05) is 13.1 Å². The van der Waals surface area contributed by atoms with Gasteiger partial charge >= 0.3 is 0 Å². The van der Waals surface area contributed by atoms with Crippen molar-refractivity contribution >= 4 is 17.8 Å². The number of nitrogens with zero attached hydrogens (tertiary/aromatic N) is 1. The predicted molar refractivity (Wildman–Crippen MR) is 153 cm³/mol. The molecule has 0 spiro atoms. The molecule has 0 saturated carbocycles. The van der Waals surface area contributed by atoms with Crippen molar-refractivity contribution in [3.05, 3.63) is 89.5 Å². The summed E-state index contributed by atoms with van der Waals surface area (Å²) in [5.41, 5.74) is 2.37. The summed E-state index contributed by atoms with van der Waals surface area (Å²) in [6.45, 7) is 14.7. The summed E-state index contributed by atoms with van der Waals surface area (Å²) in [4.78, 5) is 2.45. The summed E-state index contributed by atoms with van der Waals surface area (Å²) in [5, 5.41) is 13.2. The molecular formula is C32H42NO2P. The van der Waals surface area contributed by atoms with Crippen LogP contribution in [0.15, 0.2) is 72.8 Å². The maximum Gasteiger partial charge on any atom is 0.163 e. The fraction of sp³-hybridized carbons (Fsp3) is 0.438. The van der Waals surface area contributed by atoms with Crippen LogP contribution in [0, 0.1) is 0 Å². The van der Waals surface area contributed by atoms with Gasteiger partial charge in [-0.05, 0) is 65.6 Å². The van der Waals surface area contributed by atoms with Crippen molar-refractivity contribution in [1.82, 2.24) is 4.90 Å². The monoisotopic (exact) mass is 503 g/mol. The van der Waals surface area contributed by atoms with Crippen LogP contribution in [0.5, 0.6) is 5.75 Å². The molecule has 36 heavy (non-hydrogen) atoms. The summed E-state index contributed by atoms with van der Waals surface area (Å²) < 4.78 is 15.7. The molecular weight excluding hydrogens is 461 g/mol. The van der Waals surface area contributed by atoms with Gasteiger partial charge in [0.05, 0.1) is 5.78 Å². The molecule has 1 aliphatic heterocycles. The lowest BCUT2D eigenvalue weighted by Crippen LogP contribution is -2.38. The maximum atomic E-state index is 15.7. The average Bonchev–Trinajstić information content (AvgIpc) is 2.85. The molecule has 0 aromatic heterocycles. The lowest BCUT2D eigenvalue weighted by Gasteiger charge is -2.41. The van der Waals surface area contributed by atoms with Gasteiger partial charge in [0.25, 0.3) is 0 Å². The van der Waals surface area contributed by atoms with E-state index >= 15 is 4.57 Å². The first kappa shape index (κ1) is 26.7. The summed E-state index contributed by atoms with van der Waals surface area (Å²) in [5.74, 6) is 0.0656. The lowest BCUT2D eigenvalue weighted by molar-refractivity contribution is 0.208. The zero-order valence-corrected chi connectivity index (χ0v) is 23.7. The normalized spacial score (nSPS) is 16.6. The highest BCUT2D eigenvalue weighted by molar-refractivity contribution is 7.78. The molecule has 1 saturated heterocycles. The molecule has 0 aliphatic carbocycles. The van der Waals surface area contributed by atoms with Crippen molar-refractivity contribution in [2.45, 2.75) is 77.4 Å². The molecule has 1 atom stereocenters. The van der Waals surface area contributed by atoms with E-state index < -0.39 is 7.14 Å². The first-order valence-electron chi connectivity index (χ1n) is 13.3. The Morgan fingerprint density at radius 3 is 1.53 bits per heavy atom. The van der Waals surface area contributed by atoms with Crippen LogP contribution >= 0.6 is 7.14 Å². The average molecular weight is 504 g/mol. The molecule has 1 heterocycles. The van der Waals surface area contributed by atoms with Crippen LogP contribution in [0.2, 0.25) is 0 Å². The maximum absolute atomic E-state index is 15.7. The Hall–Kier alpha value is -2.35. The van der Waals surface area contributed by atoms with Gasteiger partial charge in [0, 0.05) is 10.6 Å². The van der Waals surface area contributed by atoms with E-state index in [1.54, 1.807) is 0 Å². The van der Waals surface area contributed by atoms with E-state index in [2.05, 4.69) is 58.6 Å². The van der Waals surface area contributed by atoms with E-state index in [0.29, 0.717) is 5.75 Å². The van der Waals surface area contributed by atoms with Crippen molar-refractivity contribution in [2.24, 2.45) is 0 Å². The highest BCUT2D eigenvalue weighted by atomic mass is 31.2. The summed E-state index contributed by atoms with van der Waals surface area (Å²) >= 11 is 0. The van der Waals surface area contributed by atoms with E-state index in [1.165, 1.54) is 6.42 Å². The van der Waals surface area contributed by atoms with Gasteiger partial charge in [-0.3, -0.25) is 4.90 Å². The second-order valence-electron chi connectivity index (χ2n) is 12.3. The Morgan fingerprint density at radius 1 is 0.722 bits per heavy atom. The smallest absolute Gasteiger partial charge is 0.163 e. The molecule has 4 heteroatoms. The number of phenolic OH excluding ortho intramolecular Hbond substituents is 1. The first-order valence-corrected chi connectivity index (χ1v) is 15.0. The van der Waals surface area contributed by atoms with Crippen LogP contribution in [-0.2, 0) is 15.4 Å². The number of piperidine rings is 1. The summed E-state index contributed by atoms with van der Waals surface area (Å²) in [6, 6.07) is 24.4. The number of rotatable bonds is 5. The van der Waals surface area contributed by atoms with Crippen molar-refractivity contribution in [3.8, 4) is 5.75 Å². The van der Waals surface area contributed by atoms with Gasteiger partial charge in [0.2, 0.25) is 0 Å². The molecule has 3 aromatic carbocycles. The molecule has 3 nitrogen and oxygen atoms in total. The molecule has 0 amide bonds. The molecule has 1 fully saturated rings. The third kappa shape index (κ3) is 5.20. The van der Waals surface area contributed by atoms with Gasteiger partial charge < -0.3 is 9.67 Å². The predicted octanol–water partition coefficient (Wildman–Crippen LogP) is 7.49. The summed E-state index contributed by atoms with van der Waals surface area (Å²) in [7, 11) is -3.14. The van der Waals surface area contributed by atoms with Gasteiger partial charge in [-0.25, -0.2) is 0 Å². The number of phenols is 1. The van der Waals surface area contributed by atoms with Crippen LogP contribution in [0.1, 0.15) is 83.3 Å². The number of likely N-dealkylation sites (tertiary alicyclic amines) is 1. The molecule has 1 N–H and O–H groups in total. The number of hydrogen-bond donors (Lipinski definition) is 1. The van der Waals surface area contributed by atoms with Crippen LogP contribution in [0.4, 0.5) is 0 Å². The standard InChI is InChI=1S/C32H42NO2P/c1-31(2,3)27-22-24(23-28(29(27)34)32(4,5)6)30(33-20-14-9-15-21-33)36(35,25-16-10-7-11-17-25)26-18-12-8-13-19-26/h7-8,10-13,16-19,22-23,30,34H,9,14-15,20-21H2,1-6H3/t30-/m1/s1. The van der Waals surface area contributed by atoms with Crippen molar-refractivity contribution in [1.29, 1.82) is 0 Å².